The molecule has 2 aromatic heterocycles. The molecule has 0 atom stereocenters. The third kappa shape index (κ3) is 4.40. The molecule has 0 saturated carbocycles. The zero-order valence-corrected chi connectivity index (χ0v) is 18.8. The van der Waals surface area contributed by atoms with E-state index in [1.165, 1.54) is 22.6 Å². The van der Waals surface area contributed by atoms with E-state index in [0.29, 0.717) is 22.0 Å². The van der Waals surface area contributed by atoms with Gasteiger partial charge in [0.25, 0.3) is 5.56 Å². The highest BCUT2D eigenvalue weighted by Gasteiger charge is 2.21. The van der Waals surface area contributed by atoms with Gasteiger partial charge in [0.2, 0.25) is 0 Å². The first kappa shape index (κ1) is 22.3. The van der Waals surface area contributed by atoms with Crippen LogP contribution in [0.15, 0.2) is 64.4 Å². The van der Waals surface area contributed by atoms with E-state index in [2.05, 4.69) is 4.98 Å². The monoisotopic (exact) mass is 468 g/mol. The Balaban J connectivity index is 1.97. The van der Waals surface area contributed by atoms with E-state index in [4.69, 9.17) is 21.1 Å². The number of nitrogens with zero attached hydrogens (tertiary/aromatic N) is 4. The number of carbonyl (C=O) groups is 1. The van der Waals surface area contributed by atoms with Gasteiger partial charge in [0.1, 0.15) is 12.3 Å². The minimum atomic E-state index is -0.584. The summed E-state index contributed by atoms with van der Waals surface area (Å²) >= 11 is 6.16. The predicted molar refractivity (Wildman–Crippen MR) is 123 cm³/mol. The van der Waals surface area contributed by atoms with Gasteiger partial charge in [0, 0.05) is 5.02 Å². The summed E-state index contributed by atoms with van der Waals surface area (Å²) < 4.78 is 14.1. The van der Waals surface area contributed by atoms with Crippen LogP contribution in [0.1, 0.15) is 12.5 Å². The molecule has 4 aromatic rings. The number of carbonyl (C=O) groups excluding carboxylic acids is 1. The molecule has 33 heavy (non-hydrogen) atoms. The van der Waals surface area contributed by atoms with Crippen molar-refractivity contribution in [3.63, 3.8) is 0 Å². The molecule has 0 unspecified atom stereocenters. The molecule has 0 aliphatic rings. The summed E-state index contributed by atoms with van der Waals surface area (Å²) in [4.78, 5) is 43.4. The van der Waals surface area contributed by atoms with Crippen LogP contribution in [0, 0.1) is 0 Å². The fraction of sp³-hybridized carbons (Fsp3) is 0.217. The van der Waals surface area contributed by atoms with Crippen molar-refractivity contribution in [2.45, 2.75) is 20.0 Å². The zero-order chi connectivity index (χ0) is 23.5. The summed E-state index contributed by atoms with van der Waals surface area (Å²) in [5, 5.41) is 0.420. The average Bonchev–Trinajstić information content (AvgIpc) is 3.20. The van der Waals surface area contributed by atoms with Crippen LogP contribution in [0.2, 0.25) is 5.02 Å². The first-order valence-corrected chi connectivity index (χ1v) is 10.6. The van der Waals surface area contributed by atoms with E-state index in [9.17, 15) is 14.4 Å². The lowest BCUT2D eigenvalue weighted by atomic mass is 10.2. The van der Waals surface area contributed by atoms with Crippen LogP contribution in [0.25, 0.3) is 16.9 Å². The molecule has 2 heterocycles. The van der Waals surface area contributed by atoms with E-state index in [0.717, 1.165) is 4.57 Å². The number of methoxy groups -OCH3 is 1. The minimum absolute atomic E-state index is 0.00401. The standard InChI is InChI=1S/C23H21ClN4O5/c1-3-33-19(29)13-26-14-25-21-20(26)22(30)27(12-15-6-4-9-18(10-15)32-2)23(31)28(21)17-8-5-7-16(24)11-17/h4-11,14H,3,12-13H2,1-2H3. The lowest BCUT2D eigenvalue weighted by molar-refractivity contribution is -0.143. The molecule has 2 aromatic carbocycles. The third-order valence-electron chi connectivity index (χ3n) is 5.05. The molecule has 10 heteroatoms. The first-order valence-electron chi connectivity index (χ1n) is 10.2. The number of ether oxygens (including phenoxy) is 2. The Morgan fingerprint density at radius 2 is 1.91 bits per heavy atom. The Labute approximate surface area is 193 Å². The molecule has 0 amide bonds. The predicted octanol–water partition coefficient (Wildman–Crippen LogP) is 2.62. The van der Waals surface area contributed by atoms with Crippen molar-refractivity contribution in [1.82, 2.24) is 18.7 Å². The van der Waals surface area contributed by atoms with Crippen molar-refractivity contribution in [3.8, 4) is 11.4 Å². The van der Waals surface area contributed by atoms with E-state index < -0.39 is 17.2 Å². The number of benzene rings is 2. The summed E-state index contributed by atoms with van der Waals surface area (Å²) in [6.07, 6.45) is 1.35. The first-order chi connectivity index (χ1) is 15.9. The molecule has 0 spiro atoms. The van der Waals surface area contributed by atoms with Gasteiger partial charge in [0.15, 0.2) is 11.2 Å². The molecule has 170 valence electrons. The second-order valence-corrected chi connectivity index (χ2v) is 7.63. The van der Waals surface area contributed by atoms with Crippen molar-refractivity contribution >= 4 is 28.7 Å². The molecule has 0 N–H and O–H groups in total. The number of aromatic nitrogens is 4. The Hall–Kier alpha value is -3.85. The fourth-order valence-corrected chi connectivity index (χ4v) is 3.77. The average molecular weight is 469 g/mol. The molecule has 0 radical (unpaired) electrons. The summed E-state index contributed by atoms with van der Waals surface area (Å²) in [5.41, 5.74) is 0.209. The Bertz CT molecular complexity index is 1450. The summed E-state index contributed by atoms with van der Waals surface area (Å²) in [6.45, 7) is 1.68. The van der Waals surface area contributed by atoms with Gasteiger partial charge in [-0.2, -0.15) is 0 Å². The number of rotatable bonds is 7. The molecule has 4 rings (SSSR count). The van der Waals surface area contributed by atoms with E-state index in [-0.39, 0.29) is 30.9 Å². The van der Waals surface area contributed by atoms with E-state index in [1.54, 1.807) is 55.5 Å². The van der Waals surface area contributed by atoms with Crippen LogP contribution >= 0.6 is 11.6 Å². The molecule has 0 aliphatic carbocycles. The number of hydrogen-bond donors (Lipinski definition) is 0. The maximum Gasteiger partial charge on any atom is 0.337 e. The largest absolute Gasteiger partial charge is 0.497 e. The van der Waals surface area contributed by atoms with Gasteiger partial charge in [-0.05, 0) is 42.8 Å². The summed E-state index contributed by atoms with van der Waals surface area (Å²) in [5.74, 6) is 0.0835. The van der Waals surface area contributed by atoms with E-state index in [1.807, 2.05) is 0 Å². The molecular formula is C23H21ClN4O5. The van der Waals surface area contributed by atoms with Gasteiger partial charge in [0.05, 0.1) is 32.3 Å². The zero-order valence-electron chi connectivity index (χ0n) is 18.0. The van der Waals surface area contributed by atoms with Crippen LogP contribution < -0.4 is 16.0 Å². The number of hydrogen-bond acceptors (Lipinski definition) is 6. The number of halogens is 1. The fourth-order valence-electron chi connectivity index (χ4n) is 3.59. The normalized spacial score (nSPS) is 11.0. The quantitative estimate of drug-likeness (QED) is 0.387. The Morgan fingerprint density at radius 3 is 2.64 bits per heavy atom. The summed E-state index contributed by atoms with van der Waals surface area (Å²) in [6, 6.07) is 13.8. The minimum Gasteiger partial charge on any atom is -0.497 e. The highest BCUT2D eigenvalue weighted by Crippen LogP contribution is 2.18. The van der Waals surface area contributed by atoms with Gasteiger partial charge in [-0.3, -0.25) is 14.2 Å². The van der Waals surface area contributed by atoms with Crippen LogP contribution in [-0.4, -0.2) is 38.4 Å². The van der Waals surface area contributed by atoms with Crippen molar-refractivity contribution in [2.75, 3.05) is 13.7 Å². The second-order valence-electron chi connectivity index (χ2n) is 7.19. The molecule has 0 saturated heterocycles. The number of esters is 1. The number of imidazole rings is 1. The molecule has 0 fully saturated rings. The maximum atomic E-state index is 13.5. The molecule has 0 bridgehead atoms. The van der Waals surface area contributed by atoms with Crippen LogP contribution in [0.5, 0.6) is 5.75 Å². The van der Waals surface area contributed by atoms with Gasteiger partial charge in [-0.15, -0.1) is 0 Å². The van der Waals surface area contributed by atoms with Crippen LogP contribution in [0.3, 0.4) is 0 Å². The number of fused-ring (bicyclic) bond motifs is 1. The van der Waals surface area contributed by atoms with Gasteiger partial charge >= 0.3 is 11.7 Å². The van der Waals surface area contributed by atoms with E-state index >= 15 is 0 Å². The van der Waals surface area contributed by atoms with Crippen LogP contribution in [-0.2, 0) is 22.6 Å². The third-order valence-corrected chi connectivity index (χ3v) is 5.28. The highest BCUT2D eigenvalue weighted by molar-refractivity contribution is 6.30. The smallest absolute Gasteiger partial charge is 0.337 e. The topological polar surface area (TPSA) is 97.4 Å². The highest BCUT2D eigenvalue weighted by atomic mass is 35.5. The Morgan fingerprint density at radius 1 is 1.12 bits per heavy atom. The van der Waals surface area contributed by atoms with Crippen molar-refractivity contribution in [3.05, 3.63) is 86.3 Å². The second kappa shape index (κ2) is 9.33. The molecule has 9 nitrogen and oxygen atoms in total. The van der Waals surface area contributed by atoms with Crippen molar-refractivity contribution in [1.29, 1.82) is 0 Å². The SMILES string of the molecule is CCOC(=O)Cn1cnc2c1c(=O)n(Cc1cccc(OC)c1)c(=O)n2-c1cccc(Cl)c1. The van der Waals surface area contributed by atoms with Crippen molar-refractivity contribution < 1.29 is 14.3 Å². The van der Waals surface area contributed by atoms with Gasteiger partial charge < -0.3 is 14.0 Å². The van der Waals surface area contributed by atoms with Crippen molar-refractivity contribution in [2.24, 2.45) is 0 Å². The Kier molecular flexibility index (Phi) is 6.32. The maximum absolute atomic E-state index is 13.5. The van der Waals surface area contributed by atoms with Crippen LogP contribution in [0.4, 0.5) is 0 Å². The summed E-state index contributed by atoms with van der Waals surface area (Å²) in [7, 11) is 1.54. The lowest BCUT2D eigenvalue weighted by Crippen LogP contribution is -2.40. The van der Waals surface area contributed by atoms with Gasteiger partial charge in [-0.1, -0.05) is 29.8 Å². The molecular weight excluding hydrogens is 448 g/mol. The van der Waals surface area contributed by atoms with Gasteiger partial charge in [-0.25, -0.2) is 14.3 Å². The lowest BCUT2D eigenvalue weighted by Gasteiger charge is -2.13. The molecule has 0 aliphatic heterocycles.